The van der Waals surface area contributed by atoms with E-state index in [1.165, 1.54) is 64.2 Å². The quantitative estimate of drug-likeness (QED) is 0.0346. The zero-order valence-corrected chi connectivity index (χ0v) is 42.7. The van der Waals surface area contributed by atoms with E-state index in [9.17, 15) is 9.59 Å². The van der Waals surface area contributed by atoms with Crippen LogP contribution in [0.3, 0.4) is 0 Å². The highest BCUT2D eigenvalue weighted by Crippen LogP contribution is 2.11. The number of rotatable bonds is 47. The highest BCUT2D eigenvalue weighted by molar-refractivity contribution is 5.70. The number of ether oxygens (including phenoxy) is 3. The predicted octanol–water partition coefficient (Wildman–Crippen LogP) is 18.3. The van der Waals surface area contributed by atoms with Gasteiger partial charge in [-0.15, -0.1) is 0 Å². The summed E-state index contributed by atoms with van der Waals surface area (Å²) in [4.78, 5) is 25.4. The van der Waals surface area contributed by atoms with Crippen LogP contribution in [0.25, 0.3) is 0 Å². The molecule has 0 N–H and O–H groups in total. The third-order valence-corrected chi connectivity index (χ3v) is 10.7. The van der Waals surface area contributed by atoms with Gasteiger partial charge in [0.25, 0.3) is 0 Å². The molecule has 0 saturated carbocycles. The number of esters is 2. The first-order valence-electron chi connectivity index (χ1n) is 26.7. The Morgan fingerprint density at radius 2 is 0.697 bits per heavy atom. The molecule has 1 atom stereocenters. The Bertz CT molecular complexity index is 1400. The topological polar surface area (TPSA) is 61.8 Å². The van der Waals surface area contributed by atoms with Crippen LogP contribution in [-0.2, 0) is 23.8 Å². The van der Waals surface area contributed by atoms with E-state index < -0.39 is 6.10 Å². The monoisotopic (exact) mass is 911 g/mol. The molecular weight excluding hydrogens is 813 g/mol. The summed E-state index contributed by atoms with van der Waals surface area (Å²) in [5.41, 5.74) is 0. The van der Waals surface area contributed by atoms with E-state index in [0.717, 1.165) is 109 Å². The standard InChI is InChI=1S/C61H98O5/c1-4-7-10-13-16-19-22-25-28-30-31-33-34-36-39-42-45-48-51-54-60(62)65-58-59(57-64-56-53-50-47-44-41-38-27-24-21-18-15-12-9-6-3)66-61(63)55-52-49-46-43-40-37-35-32-29-26-23-20-17-14-11-8-5-2/h7-8,10-11,16-17,19-21,24-26,28-29,31,33,35-37,39,43,46,59H,4-6,9,12-15,18,22-23,27,30,32,34,38,40-42,44-45,47-58H2,1-3H3/b10-7-,11-8-,19-16-,20-17-,24-21-,28-25-,29-26-,33-31-,37-35-,39-36-,46-43-. The van der Waals surface area contributed by atoms with Gasteiger partial charge >= 0.3 is 11.9 Å². The van der Waals surface area contributed by atoms with E-state index in [-0.39, 0.29) is 25.2 Å². The van der Waals surface area contributed by atoms with Crippen molar-refractivity contribution >= 4 is 11.9 Å². The first-order valence-corrected chi connectivity index (χ1v) is 26.7. The van der Waals surface area contributed by atoms with Crippen LogP contribution in [0.1, 0.15) is 213 Å². The average Bonchev–Trinajstić information content (AvgIpc) is 3.32. The van der Waals surface area contributed by atoms with Crippen LogP contribution in [0.4, 0.5) is 0 Å². The van der Waals surface area contributed by atoms with E-state index in [0.29, 0.717) is 25.9 Å². The van der Waals surface area contributed by atoms with E-state index >= 15 is 0 Å². The number of hydrogen-bond acceptors (Lipinski definition) is 5. The van der Waals surface area contributed by atoms with Crippen molar-refractivity contribution in [1.82, 2.24) is 0 Å². The summed E-state index contributed by atoms with van der Waals surface area (Å²) in [6.45, 7) is 7.46. The average molecular weight is 911 g/mol. The number of hydrogen-bond donors (Lipinski definition) is 0. The summed E-state index contributed by atoms with van der Waals surface area (Å²) in [7, 11) is 0. The fourth-order valence-electron chi connectivity index (χ4n) is 6.74. The number of carbonyl (C=O) groups is 2. The summed E-state index contributed by atoms with van der Waals surface area (Å²) in [5.74, 6) is -0.514. The van der Waals surface area contributed by atoms with Crippen LogP contribution < -0.4 is 0 Å². The van der Waals surface area contributed by atoms with Crippen molar-refractivity contribution in [3.05, 3.63) is 134 Å². The molecule has 0 aliphatic heterocycles. The third-order valence-electron chi connectivity index (χ3n) is 10.7. The maximum atomic E-state index is 12.8. The maximum Gasteiger partial charge on any atom is 0.306 e. The van der Waals surface area contributed by atoms with Gasteiger partial charge < -0.3 is 14.2 Å². The van der Waals surface area contributed by atoms with Gasteiger partial charge in [-0.1, -0.05) is 206 Å². The molecule has 0 spiro atoms. The Hall–Kier alpha value is -3.96. The SMILES string of the molecule is CC/C=C\C/C=C\C/C=C\C/C=C\C/C=C\CCCCCC(=O)OCC(COCCCCCCCC/C=C\CCCCCC)OC(=O)CCC/C=C\C/C=C\C/C=C\C/C=C\C/C=C\CC. The van der Waals surface area contributed by atoms with Gasteiger partial charge in [0, 0.05) is 19.4 Å². The van der Waals surface area contributed by atoms with Crippen molar-refractivity contribution in [1.29, 1.82) is 0 Å². The summed E-state index contributed by atoms with van der Waals surface area (Å²) >= 11 is 0. The molecule has 0 rings (SSSR count). The predicted molar refractivity (Wildman–Crippen MR) is 288 cm³/mol. The molecule has 66 heavy (non-hydrogen) atoms. The molecule has 0 heterocycles. The second-order valence-electron chi connectivity index (χ2n) is 17.0. The number of allylic oxidation sites excluding steroid dienone is 22. The van der Waals surface area contributed by atoms with Gasteiger partial charge in [0.05, 0.1) is 6.61 Å². The lowest BCUT2D eigenvalue weighted by atomic mass is 10.1. The van der Waals surface area contributed by atoms with Crippen molar-refractivity contribution in [3.63, 3.8) is 0 Å². The third kappa shape index (κ3) is 52.7. The highest BCUT2D eigenvalue weighted by Gasteiger charge is 2.17. The second-order valence-corrected chi connectivity index (χ2v) is 17.0. The Balaban J connectivity index is 4.46. The van der Waals surface area contributed by atoms with Gasteiger partial charge in [0.1, 0.15) is 6.61 Å². The van der Waals surface area contributed by atoms with Crippen LogP contribution in [0, 0.1) is 0 Å². The molecule has 0 aliphatic carbocycles. The van der Waals surface area contributed by atoms with Crippen molar-refractivity contribution in [2.75, 3.05) is 19.8 Å². The molecular formula is C61H98O5. The second kappa shape index (κ2) is 55.4. The molecule has 0 aliphatic rings. The lowest BCUT2D eigenvalue weighted by molar-refractivity contribution is -0.162. The minimum Gasteiger partial charge on any atom is -0.462 e. The van der Waals surface area contributed by atoms with Gasteiger partial charge in [-0.2, -0.15) is 0 Å². The smallest absolute Gasteiger partial charge is 0.306 e. The Kier molecular flexibility index (Phi) is 52.0. The molecule has 0 radical (unpaired) electrons. The normalized spacial score (nSPS) is 13.3. The molecule has 0 amide bonds. The molecule has 1 unspecified atom stereocenters. The van der Waals surface area contributed by atoms with E-state index in [2.05, 4.69) is 154 Å². The molecule has 0 bridgehead atoms. The molecule has 372 valence electrons. The first kappa shape index (κ1) is 62.0. The molecule has 0 aromatic carbocycles. The Morgan fingerprint density at radius 3 is 1.15 bits per heavy atom. The zero-order chi connectivity index (χ0) is 47.7. The molecule has 0 aromatic rings. The molecule has 5 heteroatoms. The largest absolute Gasteiger partial charge is 0.462 e. The van der Waals surface area contributed by atoms with Crippen LogP contribution in [0.5, 0.6) is 0 Å². The fourth-order valence-corrected chi connectivity index (χ4v) is 6.74. The van der Waals surface area contributed by atoms with Crippen molar-refractivity contribution in [2.45, 2.75) is 219 Å². The minimum absolute atomic E-state index is 0.0343. The number of unbranched alkanes of at least 4 members (excludes halogenated alkanes) is 14. The van der Waals surface area contributed by atoms with Gasteiger partial charge in [-0.3, -0.25) is 9.59 Å². The minimum atomic E-state index is -0.592. The summed E-state index contributed by atoms with van der Waals surface area (Å²) < 4.78 is 17.3. The lowest BCUT2D eigenvalue weighted by Gasteiger charge is -2.18. The molecule has 0 saturated heterocycles. The molecule has 0 fully saturated rings. The van der Waals surface area contributed by atoms with E-state index in [1.54, 1.807) is 0 Å². The summed E-state index contributed by atoms with van der Waals surface area (Å²) in [5, 5.41) is 0. The van der Waals surface area contributed by atoms with Crippen molar-refractivity contribution in [3.8, 4) is 0 Å². The summed E-state index contributed by atoms with van der Waals surface area (Å²) in [6.07, 6.45) is 78.9. The van der Waals surface area contributed by atoms with Gasteiger partial charge in [0.2, 0.25) is 0 Å². The van der Waals surface area contributed by atoms with Gasteiger partial charge in [-0.25, -0.2) is 0 Å². The zero-order valence-electron chi connectivity index (χ0n) is 42.7. The fraction of sp³-hybridized carbons (Fsp3) is 0.607. The molecule has 5 nitrogen and oxygen atoms in total. The van der Waals surface area contributed by atoms with Crippen molar-refractivity contribution in [2.24, 2.45) is 0 Å². The van der Waals surface area contributed by atoms with E-state index in [1.807, 2.05) is 0 Å². The van der Waals surface area contributed by atoms with Crippen molar-refractivity contribution < 1.29 is 23.8 Å². The van der Waals surface area contributed by atoms with Gasteiger partial charge in [0.15, 0.2) is 6.10 Å². The van der Waals surface area contributed by atoms with E-state index in [4.69, 9.17) is 14.2 Å². The van der Waals surface area contributed by atoms with Crippen LogP contribution >= 0.6 is 0 Å². The lowest BCUT2D eigenvalue weighted by Crippen LogP contribution is -2.30. The first-order chi connectivity index (χ1) is 32.6. The molecule has 0 aromatic heterocycles. The summed E-state index contributed by atoms with van der Waals surface area (Å²) in [6, 6.07) is 0. The highest BCUT2D eigenvalue weighted by atomic mass is 16.6. The Labute approximate surface area is 407 Å². The number of carbonyl (C=O) groups excluding carboxylic acids is 2. The van der Waals surface area contributed by atoms with Gasteiger partial charge in [-0.05, 0) is 128 Å². The van der Waals surface area contributed by atoms with Crippen LogP contribution in [0.2, 0.25) is 0 Å². The maximum absolute atomic E-state index is 12.8. The van der Waals surface area contributed by atoms with Crippen LogP contribution in [0.15, 0.2) is 134 Å². The van der Waals surface area contributed by atoms with Crippen LogP contribution in [-0.4, -0.2) is 37.9 Å². The Morgan fingerprint density at radius 1 is 0.348 bits per heavy atom.